The summed E-state index contributed by atoms with van der Waals surface area (Å²) in [7, 11) is 0. The number of hydrogen-bond donors (Lipinski definition) is 2. The highest BCUT2D eigenvalue weighted by Crippen LogP contribution is 2.34. The summed E-state index contributed by atoms with van der Waals surface area (Å²) in [4.78, 5) is 12.5. The minimum atomic E-state index is -0.791. The Labute approximate surface area is 95.0 Å². The molecule has 2 heterocycles. The average Bonchev–Trinajstić information content (AvgIpc) is 2.25. The number of rotatable bonds is 2. The van der Waals surface area contributed by atoms with Crippen molar-refractivity contribution in [3.8, 4) is 0 Å². The van der Waals surface area contributed by atoms with Gasteiger partial charge in [0, 0.05) is 19.7 Å². The Kier molecular flexibility index (Phi) is 3.47. The summed E-state index contributed by atoms with van der Waals surface area (Å²) in [6.45, 7) is 2.20. The van der Waals surface area contributed by atoms with E-state index >= 15 is 0 Å². The molecule has 2 fully saturated rings. The summed E-state index contributed by atoms with van der Waals surface area (Å²) in [5.41, 5.74) is -0.396. The van der Waals surface area contributed by atoms with Crippen LogP contribution in [0.1, 0.15) is 25.7 Å². The lowest BCUT2D eigenvalue weighted by Gasteiger charge is -2.46. The van der Waals surface area contributed by atoms with E-state index in [1.165, 1.54) is 0 Å². The maximum absolute atomic E-state index is 10.6. The monoisotopic (exact) mass is 229 g/mol. The van der Waals surface area contributed by atoms with Gasteiger partial charge in [0.15, 0.2) is 0 Å². The molecule has 2 aliphatic rings. The zero-order valence-corrected chi connectivity index (χ0v) is 9.39. The van der Waals surface area contributed by atoms with Gasteiger partial charge in [0.2, 0.25) is 0 Å². The topological polar surface area (TPSA) is 70.0 Å². The lowest BCUT2D eigenvalue weighted by molar-refractivity contribution is -0.178. The molecule has 0 saturated carbocycles. The van der Waals surface area contributed by atoms with Gasteiger partial charge in [-0.15, -0.1) is 0 Å². The Bertz CT molecular complexity index is 261. The molecule has 0 bridgehead atoms. The van der Waals surface area contributed by atoms with E-state index in [0.29, 0.717) is 13.1 Å². The van der Waals surface area contributed by atoms with Crippen molar-refractivity contribution in [1.82, 2.24) is 4.90 Å². The van der Waals surface area contributed by atoms with Crippen molar-refractivity contribution in [2.45, 2.75) is 37.4 Å². The standard InChI is InChI=1S/C11H19NO4/c13-9-2-1-7-16-11(9)3-5-12(6-4-11)8-10(14)15/h9,13H,1-8H2,(H,14,15)/t9-/m1/s1. The molecule has 0 amide bonds. The lowest BCUT2D eigenvalue weighted by atomic mass is 9.82. The van der Waals surface area contributed by atoms with Gasteiger partial charge in [0.05, 0.1) is 18.2 Å². The van der Waals surface area contributed by atoms with Gasteiger partial charge in [-0.25, -0.2) is 0 Å². The van der Waals surface area contributed by atoms with Crippen molar-refractivity contribution in [2.24, 2.45) is 0 Å². The van der Waals surface area contributed by atoms with Crippen LogP contribution in [0.3, 0.4) is 0 Å². The highest BCUT2D eigenvalue weighted by atomic mass is 16.5. The van der Waals surface area contributed by atoms with Crippen LogP contribution in [0.5, 0.6) is 0 Å². The number of aliphatic hydroxyl groups is 1. The van der Waals surface area contributed by atoms with Crippen molar-refractivity contribution in [2.75, 3.05) is 26.2 Å². The number of piperidine rings is 1. The minimum Gasteiger partial charge on any atom is -0.480 e. The van der Waals surface area contributed by atoms with E-state index in [1.54, 1.807) is 0 Å². The first kappa shape index (κ1) is 11.8. The number of nitrogens with zero attached hydrogens (tertiary/aromatic N) is 1. The number of carboxylic acid groups (broad SMARTS) is 1. The van der Waals surface area contributed by atoms with Crippen LogP contribution >= 0.6 is 0 Å². The van der Waals surface area contributed by atoms with Crippen LogP contribution in [-0.2, 0) is 9.53 Å². The Balaban J connectivity index is 1.90. The Morgan fingerprint density at radius 2 is 2.12 bits per heavy atom. The van der Waals surface area contributed by atoms with Gasteiger partial charge in [0.1, 0.15) is 0 Å². The molecule has 1 atom stereocenters. The molecule has 5 nitrogen and oxygen atoms in total. The van der Waals surface area contributed by atoms with Crippen LogP contribution in [0.4, 0.5) is 0 Å². The third-order valence-corrected chi connectivity index (χ3v) is 3.68. The summed E-state index contributed by atoms with van der Waals surface area (Å²) < 4.78 is 5.75. The van der Waals surface area contributed by atoms with Crippen LogP contribution in [0.25, 0.3) is 0 Å². The van der Waals surface area contributed by atoms with E-state index in [2.05, 4.69) is 0 Å². The van der Waals surface area contributed by atoms with Crippen LogP contribution in [0, 0.1) is 0 Å². The van der Waals surface area contributed by atoms with Gasteiger partial charge in [-0.2, -0.15) is 0 Å². The molecule has 2 rings (SSSR count). The number of aliphatic carboxylic acids is 1. The maximum atomic E-state index is 10.6. The number of likely N-dealkylation sites (tertiary alicyclic amines) is 1. The van der Waals surface area contributed by atoms with E-state index in [1.807, 2.05) is 4.90 Å². The van der Waals surface area contributed by atoms with Crippen molar-refractivity contribution < 1.29 is 19.7 Å². The molecule has 0 aromatic carbocycles. The van der Waals surface area contributed by atoms with Gasteiger partial charge in [-0.1, -0.05) is 0 Å². The summed E-state index contributed by atoms with van der Waals surface area (Å²) in [5.74, 6) is -0.791. The third kappa shape index (κ3) is 2.36. The van der Waals surface area contributed by atoms with E-state index in [4.69, 9.17) is 9.84 Å². The van der Waals surface area contributed by atoms with Crippen LogP contribution in [0.2, 0.25) is 0 Å². The van der Waals surface area contributed by atoms with Crippen LogP contribution in [0.15, 0.2) is 0 Å². The van der Waals surface area contributed by atoms with Crippen LogP contribution < -0.4 is 0 Å². The van der Waals surface area contributed by atoms with E-state index in [0.717, 1.165) is 32.3 Å². The van der Waals surface area contributed by atoms with Gasteiger partial charge in [-0.05, 0) is 25.7 Å². The highest BCUT2D eigenvalue weighted by molar-refractivity contribution is 5.69. The summed E-state index contributed by atoms with van der Waals surface area (Å²) in [6.07, 6.45) is 2.82. The number of aliphatic hydroxyl groups excluding tert-OH is 1. The fourth-order valence-corrected chi connectivity index (χ4v) is 2.67. The Morgan fingerprint density at radius 1 is 1.44 bits per heavy atom. The third-order valence-electron chi connectivity index (χ3n) is 3.68. The molecule has 92 valence electrons. The minimum absolute atomic E-state index is 0.0895. The number of hydrogen-bond acceptors (Lipinski definition) is 4. The molecule has 1 spiro atoms. The fraction of sp³-hybridized carbons (Fsp3) is 0.909. The van der Waals surface area contributed by atoms with Crippen molar-refractivity contribution >= 4 is 5.97 Å². The summed E-state index contributed by atoms with van der Waals surface area (Å²) in [6, 6.07) is 0. The quantitative estimate of drug-likeness (QED) is 0.701. The van der Waals surface area contributed by atoms with Crippen LogP contribution in [-0.4, -0.2) is 59.0 Å². The van der Waals surface area contributed by atoms with Gasteiger partial charge < -0.3 is 14.9 Å². The zero-order valence-electron chi connectivity index (χ0n) is 9.39. The Hall–Kier alpha value is -0.650. The maximum Gasteiger partial charge on any atom is 0.317 e. The van der Waals surface area contributed by atoms with Crippen molar-refractivity contribution in [3.05, 3.63) is 0 Å². The fourth-order valence-electron chi connectivity index (χ4n) is 2.67. The molecular weight excluding hydrogens is 210 g/mol. The van der Waals surface area contributed by atoms with Gasteiger partial charge in [-0.3, -0.25) is 9.69 Å². The number of carbonyl (C=O) groups is 1. The first-order chi connectivity index (χ1) is 7.62. The molecule has 0 aliphatic carbocycles. The Morgan fingerprint density at radius 3 is 2.69 bits per heavy atom. The van der Waals surface area contributed by atoms with Gasteiger partial charge in [0.25, 0.3) is 0 Å². The predicted octanol–water partition coefficient (Wildman–Crippen LogP) is 0.0769. The zero-order chi connectivity index (χ0) is 11.6. The average molecular weight is 229 g/mol. The molecule has 0 radical (unpaired) electrons. The summed E-state index contributed by atoms with van der Waals surface area (Å²) in [5, 5.41) is 18.7. The lowest BCUT2D eigenvalue weighted by Crippen LogP contribution is -2.55. The number of carboxylic acids is 1. The van der Waals surface area contributed by atoms with Crippen molar-refractivity contribution in [3.63, 3.8) is 0 Å². The second kappa shape index (κ2) is 4.69. The van der Waals surface area contributed by atoms with E-state index in [9.17, 15) is 9.90 Å². The van der Waals surface area contributed by atoms with E-state index < -0.39 is 11.6 Å². The smallest absolute Gasteiger partial charge is 0.317 e. The SMILES string of the molecule is O=C(O)CN1CCC2(CC1)OCCC[C@H]2O. The predicted molar refractivity (Wildman–Crippen MR) is 57.2 cm³/mol. The van der Waals surface area contributed by atoms with Gasteiger partial charge >= 0.3 is 5.97 Å². The second-order valence-corrected chi connectivity index (χ2v) is 4.74. The highest BCUT2D eigenvalue weighted by Gasteiger charge is 2.43. The largest absolute Gasteiger partial charge is 0.480 e. The molecule has 2 saturated heterocycles. The molecule has 0 aromatic heterocycles. The number of ether oxygens (including phenoxy) is 1. The molecule has 2 N–H and O–H groups in total. The molecule has 16 heavy (non-hydrogen) atoms. The first-order valence-corrected chi connectivity index (χ1v) is 5.88. The molecule has 5 heteroatoms. The summed E-state index contributed by atoms with van der Waals surface area (Å²) >= 11 is 0. The molecule has 2 aliphatic heterocycles. The molecule has 0 aromatic rings. The van der Waals surface area contributed by atoms with Crippen molar-refractivity contribution in [1.29, 1.82) is 0 Å². The normalized spacial score (nSPS) is 30.4. The second-order valence-electron chi connectivity index (χ2n) is 4.74. The van der Waals surface area contributed by atoms with E-state index in [-0.39, 0.29) is 12.6 Å². The molecular formula is C11H19NO4. The molecule has 0 unspecified atom stereocenters. The first-order valence-electron chi connectivity index (χ1n) is 5.88.